The maximum Gasteiger partial charge on any atom is 0.226 e. The zero-order chi connectivity index (χ0) is 10.1. The Bertz CT molecular complexity index is 390. The molecule has 1 aliphatic rings. The number of hydrogen-bond donors (Lipinski definition) is 0. The summed E-state index contributed by atoms with van der Waals surface area (Å²) < 4.78 is 0. The van der Waals surface area contributed by atoms with Crippen LogP contribution in [0, 0.1) is 18.3 Å². The van der Waals surface area contributed by atoms with Gasteiger partial charge in [-0.25, -0.2) is 9.97 Å². The van der Waals surface area contributed by atoms with Crippen LogP contribution in [0.15, 0.2) is 6.07 Å². The summed E-state index contributed by atoms with van der Waals surface area (Å²) in [6.07, 6.45) is 2.41. The van der Waals surface area contributed by atoms with E-state index in [1.165, 1.54) is 12.8 Å². The van der Waals surface area contributed by atoms with Crippen LogP contribution in [0.2, 0.25) is 0 Å². The minimum absolute atomic E-state index is 0.444. The normalized spacial score (nSPS) is 14.9. The van der Waals surface area contributed by atoms with Gasteiger partial charge in [0.25, 0.3) is 0 Å². The van der Waals surface area contributed by atoms with Gasteiger partial charge >= 0.3 is 0 Å². The number of hydrogen-bond acceptors (Lipinski definition) is 4. The molecule has 0 amide bonds. The van der Waals surface area contributed by atoms with Crippen LogP contribution < -0.4 is 4.90 Å². The van der Waals surface area contributed by atoms with Gasteiger partial charge in [0, 0.05) is 18.8 Å². The molecule has 4 nitrogen and oxygen atoms in total. The van der Waals surface area contributed by atoms with Crippen molar-refractivity contribution in [1.29, 1.82) is 5.26 Å². The lowest BCUT2D eigenvalue weighted by molar-refractivity contribution is 0.851. The maximum absolute atomic E-state index is 8.76. The van der Waals surface area contributed by atoms with Gasteiger partial charge in [0.1, 0.15) is 11.8 Å². The highest BCUT2D eigenvalue weighted by Gasteiger charge is 2.28. The van der Waals surface area contributed by atoms with E-state index in [2.05, 4.69) is 9.97 Å². The second-order valence-corrected chi connectivity index (χ2v) is 3.65. The van der Waals surface area contributed by atoms with Crippen LogP contribution in [-0.4, -0.2) is 23.1 Å². The summed E-state index contributed by atoms with van der Waals surface area (Å²) in [6, 6.07) is 4.32. The van der Waals surface area contributed by atoms with Gasteiger partial charge in [0.15, 0.2) is 0 Å². The highest BCUT2D eigenvalue weighted by atomic mass is 15.3. The zero-order valence-corrected chi connectivity index (χ0v) is 8.36. The molecule has 0 unspecified atom stereocenters. The zero-order valence-electron chi connectivity index (χ0n) is 8.36. The van der Waals surface area contributed by atoms with Crippen LogP contribution in [0.1, 0.15) is 24.2 Å². The molecule has 1 aromatic rings. The van der Waals surface area contributed by atoms with E-state index in [1.807, 2.05) is 24.9 Å². The number of aryl methyl sites for hydroxylation is 1. The third-order valence-corrected chi connectivity index (χ3v) is 2.37. The topological polar surface area (TPSA) is 52.8 Å². The quantitative estimate of drug-likeness (QED) is 0.701. The fourth-order valence-corrected chi connectivity index (χ4v) is 1.39. The molecule has 1 aromatic heterocycles. The Morgan fingerprint density at radius 3 is 2.79 bits per heavy atom. The summed E-state index contributed by atoms with van der Waals surface area (Å²) in [7, 11) is 1.98. The van der Waals surface area contributed by atoms with Crippen LogP contribution in [0.5, 0.6) is 0 Å². The molecule has 72 valence electrons. The molecule has 1 fully saturated rings. The first-order chi connectivity index (χ1) is 6.70. The predicted molar refractivity (Wildman–Crippen MR) is 52.9 cm³/mol. The molecule has 0 saturated heterocycles. The van der Waals surface area contributed by atoms with E-state index < -0.39 is 0 Å². The number of aromatic nitrogens is 2. The Labute approximate surface area is 83.2 Å². The SMILES string of the molecule is Cc1cc(C#N)nc(N(C)C2CC2)n1. The van der Waals surface area contributed by atoms with E-state index in [0.29, 0.717) is 17.7 Å². The smallest absolute Gasteiger partial charge is 0.226 e. The van der Waals surface area contributed by atoms with Gasteiger partial charge in [-0.3, -0.25) is 0 Å². The van der Waals surface area contributed by atoms with Crippen molar-refractivity contribution in [3.63, 3.8) is 0 Å². The maximum atomic E-state index is 8.76. The second-order valence-electron chi connectivity index (χ2n) is 3.65. The third-order valence-electron chi connectivity index (χ3n) is 2.37. The van der Waals surface area contributed by atoms with Gasteiger partial charge in [-0.2, -0.15) is 5.26 Å². The Balaban J connectivity index is 2.32. The van der Waals surface area contributed by atoms with Crippen molar-refractivity contribution in [3.05, 3.63) is 17.5 Å². The standard InChI is InChI=1S/C10H12N4/c1-7-5-8(6-11)13-10(12-7)14(2)9-3-4-9/h5,9H,3-4H2,1-2H3. The molecule has 0 N–H and O–H groups in total. The molecule has 14 heavy (non-hydrogen) atoms. The van der Waals surface area contributed by atoms with Gasteiger partial charge in [0.2, 0.25) is 5.95 Å². The van der Waals surface area contributed by atoms with Crippen LogP contribution in [0.4, 0.5) is 5.95 Å². The minimum Gasteiger partial charge on any atom is -0.341 e. The molecule has 4 heteroatoms. The summed E-state index contributed by atoms with van der Waals surface area (Å²) in [5, 5.41) is 8.76. The lowest BCUT2D eigenvalue weighted by Crippen LogP contribution is -2.22. The van der Waals surface area contributed by atoms with Gasteiger partial charge in [-0.1, -0.05) is 0 Å². The third kappa shape index (κ3) is 1.67. The number of anilines is 1. The summed E-state index contributed by atoms with van der Waals surface area (Å²) >= 11 is 0. The summed E-state index contributed by atoms with van der Waals surface area (Å²) in [5.41, 5.74) is 1.29. The van der Waals surface area contributed by atoms with Gasteiger partial charge in [-0.15, -0.1) is 0 Å². The van der Waals surface area contributed by atoms with Crippen molar-refractivity contribution in [1.82, 2.24) is 9.97 Å². The number of nitriles is 1. The monoisotopic (exact) mass is 188 g/mol. The average molecular weight is 188 g/mol. The van der Waals surface area contributed by atoms with E-state index in [9.17, 15) is 0 Å². The molecule has 2 rings (SSSR count). The van der Waals surface area contributed by atoms with Crippen molar-refractivity contribution >= 4 is 5.95 Å². The molecular weight excluding hydrogens is 176 g/mol. The first-order valence-electron chi connectivity index (χ1n) is 4.69. The molecule has 0 aliphatic heterocycles. The molecule has 1 aliphatic carbocycles. The lowest BCUT2D eigenvalue weighted by Gasteiger charge is -2.16. The number of rotatable bonds is 2. The second kappa shape index (κ2) is 3.26. The lowest BCUT2D eigenvalue weighted by atomic mass is 10.3. The Morgan fingerprint density at radius 1 is 1.50 bits per heavy atom. The van der Waals surface area contributed by atoms with Crippen molar-refractivity contribution in [3.8, 4) is 6.07 Å². The van der Waals surface area contributed by atoms with Crippen LogP contribution >= 0.6 is 0 Å². The van der Waals surface area contributed by atoms with Crippen molar-refractivity contribution in [2.45, 2.75) is 25.8 Å². The number of nitrogens with zero attached hydrogens (tertiary/aromatic N) is 4. The molecule has 1 saturated carbocycles. The Morgan fingerprint density at radius 2 is 2.21 bits per heavy atom. The molecule has 0 spiro atoms. The van der Waals surface area contributed by atoms with Crippen LogP contribution in [0.3, 0.4) is 0 Å². The fourth-order valence-electron chi connectivity index (χ4n) is 1.39. The highest BCUT2D eigenvalue weighted by molar-refractivity contribution is 5.37. The Kier molecular flexibility index (Phi) is 2.08. The summed E-state index contributed by atoms with van der Waals surface area (Å²) in [4.78, 5) is 10.5. The minimum atomic E-state index is 0.444. The van der Waals surface area contributed by atoms with Gasteiger partial charge in [-0.05, 0) is 25.8 Å². The molecule has 0 atom stereocenters. The van der Waals surface area contributed by atoms with Gasteiger partial charge < -0.3 is 4.90 Å². The molecule has 0 radical (unpaired) electrons. The van der Waals surface area contributed by atoms with E-state index in [1.54, 1.807) is 6.07 Å². The largest absolute Gasteiger partial charge is 0.341 e. The molecule has 0 aromatic carbocycles. The fraction of sp³-hybridized carbons (Fsp3) is 0.500. The van der Waals surface area contributed by atoms with Crippen molar-refractivity contribution in [2.75, 3.05) is 11.9 Å². The van der Waals surface area contributed by atoms with Crippen molar-refractivity contribution in [2.24, 2.45) is 0 Å². The van der Waals surface area contributed by atoms with Crippen LogP contribution in [0.25, 0.3) is 0 Å². The summed E-state index contributed by atoms with van der Waals surface area (Å²) in [6.45, 7) is 1.88. The average Bonchev–Trinajstić information content (AvgIpc) is 2.99. The Hall–Kier alpha value is -1.63. The van der Waals surface area contributed by atoms with E-state index >= 15 is 0 Å². The van der Waals surface area contributed by atoms with E-state index in [0.717, 1.165) is 5.69 Å². The van der Waals surface area contributed by atoms with Gasteiger partial charge in [0.05, 0.1) is 0 Å². The summed E-state index contributed by atoms with van der Waals surface area (Å²) in [5.74, 6) is 0.670. The van der Waals surface area contributed by atoms with Crippen molar-refractivity contribution < 1.29 is 0 Å². The van der Waals surface area contributed by atoms with Crippen LogP contribution in [-0.2, 0) is 0 Å². The van der Waals surface area contributed by atoms with E-state index in [-0.39, 0.29) is 0 Å². The van der Waals surface area contributed by atoms with E-state index in [4.69, 9.17) is 5.26 Å². The molecular formula is C10H12N4. The molecule has 1 heterocycles. The highest BCUT2D eigenvalue weighted by Crippen LogP contribution is 2.28. The molecule has 0 bridgehead atoms. The predicted octanol–water partition coefficient (Wildman–Crippen LogP) is 1.26. The first kappa shape index (κ1) is 8.95. The first-order valence-corrected chi connectivity index (χ1v) is 4.69.